The molecule has 1 amide bonds. The molecule has 0 N–H and O–H groups in total. The van der Waals surface area contributed by atoms with Gasteiger partial charge in [0.1, 0.15) is 5.75 Å². The highest BCUT2D eigenvalue weighted by Gasteiger charge is 2.26. The zero-order valence-electron chi connectivity index (χ0n) is 12.8. The molecule has 1 saturated heterocycles. The third-order valence-electron chi connectivity index (χ3n) is 3.89. The maximum atomic E-state index is 12.4. The van der Waals surface area contributed by atoms with E-state index in [9.17, 15) is 4.79 Å². The van der Waals surface area contributed by atoms with E-state index in [1.165, 1.54) is 0 Å². The number of likely N-dealkylation sites (tertiary alicyclic amines) is 1. The molecule has 3 rings (SSSR count). The van der Waals surface area contributed by atoms with Crippen LogP contribution in [-0.4, -0.2) is 41.2 Å². The summed E-state index contributed by atoms with van der Waals surface area (Å²) in [6.45, 7) is 3.65. The molecule has 0 bridgehead atoms. The molecule has 6 heteroatoms. The number of amides is 1. The third kappa shape index (κ3) is 2.95. The number of carbonyl (C=O) groups excluding carboxylic acids is 1. The normalized spacial score (nSPS) is 18.3. The standard InChI is InChI=1S/C16H19N3O3/c1-11-4-3-9-19(10-11)16(20)15-18-17-14(22-15)12-5-7-13(21-2)8-6-12/h5-8,11H,3-4,9-10H2,1-2H3. The average Bonchev–Trinajstić information content (AvgIpc) is 3.04. The molecule has 116 valence electrons. The van der Waals surface area contributed by atoms with Gasteiger partial charge >= 0.3 is 11.8 Å². The number of methoxy groups -OCH3 is 1. The molecule has 1 aliphatic heterocycles. The quantitative estimate of drug-likeness (QED) is 0.871. The highest BCUT2D eigenvalue weighted by atomic mass is 16.5. The van der Waals surface area contributed by atoms with Crippen LogP contribution in [0.3, 0.4) is 0 Å². The van der Waals surface area contributed by atoms with E-state index in [1.807, 2.05) is 24.3 Å². The second-order valence-electron chi connectivity index (χ2n) is 5.64. The Balaban J connectivity index is 1.76. The minimum Gasteiger partial charge on any atom is -0.497 e. The van der Waals surface area contributed by atoms with Crippen molar-refractivity contribution in [1.29, 1.82) is 0 Å². The van der Waals surface area contributed by atoms with E-state index in [4.69, 9.17) is 9.15 Å². The molecule has 6 nitrogen and oxygen atoms in total. The SMILES string of the molecule is COc1ccc(-c2nnc(C(=O)N3CCCC(C)C3)o2)cc1. The molecule has 0 saturated carbocycles. The first kappa shape index (κ1) is 14.6. The van der Waals surface area contributed by atoms with Crippen LogP contribution in [-0.2, 0) is 0 Å². The first-order valence-electron chi connectivity index (χ1n) is 7.44. The van der Waals surface area contributed by atoms with Gasteiger partial charge in [-0.3, -0.25) is 4.79 Å². The van der Waals surface area contributed by atoms with E-state index in [1.54, 1.807) is 12.0 Å². The van der Waals surface area contributed by atoms with Gasteiger partial charge < -0.3 is 14.1 Å². The minimum atomic E-state index is -0.182. The van der Waals surface area contributed by atoms with Crippen LogP contribution in [0.5, 0.6) is 5.75 Å². The zero-order valence-corrected chi connectivity index (χ0v) is 12.8. The first-order valence-corrected chi connectivity index (χ1v) is 7.44. The van der Waals surface area contributed by atoms with Gasteiger partial charge in [-0.1, -0.05) is 6.92 Å². The fraction of sp³-hybridized carbons (Fsp3) is 0.438. The number of benzene rings is 1. The Morgan fingerprint density at radius 2 is 2.09 bits per heavy atom. The number of ether oxygens (including phenoxy) is 1. The second-order valence-corrected chi connectivity index (χ2v) is 5.64. The number of nitrogens with zero attached hydrogens (tertiary/aromatic N) is 3. The third-order valence-corrected chi connectivity index (χ3v) is 3.89. The van der Waals surface area contributed by atoms with Crippen molar-refractivity contribution in [1.82, 2.24) is 15.1 Å². The van der Waals surface area contributed by atoms with Crippen molar-refractivity contribution in [2.45, 2.75) is 19.8 Å². The predicted octanol–water partition coefficient (Wildman–Crippen LogP) is 2.62. The van der Waals surface area contributed by atoms with E-state index in [-0.39, 0.29) is 11.8 Å². The first-order chi connectivity index (χ1) is 10.7. The summed E-state index contributed by atoms with van der Waals surface area (Å²) in [7, 11) is 1.61. The fourth-order valence-electron chi connectivity index (χ4n) is 2.67. The topological polar surface area (TPSA) is 68.5 Å². The molecule has 2 heterocycles. The van der Waals surface area contributed by atoms with Crippen molar-refractivity contribution < 1.29 is 13.9 Å². The Kier molecular flexibility index (Phi) is 4.09. The lowest BCUT2D eigenvalue weighted by Crippen LogP contribution is -2.39. The van der Waals surface area contributed by atoms with Crippen LogP contribution in [0.25, 0.3) is 11.5 Å². The molecular formula is C16H19N3O3. The molecule has 0 aliphatic carbocycles. The Morgan fingerprint density at radius 3 is 2.77 bits per heavy atom. The van der Waals surface area contributed by atoms with Crippen LogP contribution in [0.2, 0.25) is 0 Å². The van der Waals surface area contributed by atoms with Gasteiger partial charge in [0, 0.05) is 18.7 Å². The minimum absolute atomic E-state index is 0.0555. The van der Waals surface area contributed by atoms with Crippen molar-refractivity contribution in [3.8, 4) is 17.2 Å². The summed E-state index contributed by atoms with van der Waals surface area (Å²) >= 11 is 0. The lowest BCUT2D eigenvalue weighted by Gasteiger charge is -2.29. The van der Waals surface area contributed by atoms with Gasteiger partial charge in [0.25, 0.3) is 0 Å². The summed E-state index contributed by atoms with van der Waals surface area (Å²) in [6, 6.07) is 7.27. The van der Waals surface area contributed by atoms with Gasteiger partial charge in [-0.2, -0.15) is 0 Å². The summed E-state index contributed by atoms with van der Waals surface area (Å²) < 4.78 is 10.6. The van der Waals surface area contributed by atoms with Crippen LogP contribution in [0.1, 0.15) is 30.5 Å². The van der Waals surface area contributed by atoms with Crippen LogP contribution in [0.15, 0.2) is 28.7 Å². The number of aromatic nitrogens is 2. The highest BCUT2D eigenvalue weighted by Crippen LogP contribution is 2.22. The van der Waals surface area contributed by atoms with E-state index in [0.717, 1.165) is 37.2 Å². The predicted molar refractivity (Wildman–Crippen MR) is 80.6 cm³/mol. The van der Waals surface area contributed by atoms with Crippen molar-refractivity contribution in [3.05, 3.63) is 30.2 Å². The maximum Gasteiger partial charge on any atom is 0.311 e. The van der Waals surface area contributed by atoms with Crippen LogP contribution in [0.4, 0.5) is 0 Å². The monoisotopic (exact) mass is 301 g/mol. The number of piperidine rings is 1. The molecule has 2 aromatic rings. The van der Waals surface area contributed by atoms with Crippen molar-refractivity contribution in [3.63, 3.8) is 0 Å². The van der Waals surface area contributed by atoms with Gasteiger partial charge in [0.05, 0.1) is 7.11 Å². The molecule has 0 spiro atoms. The van der Waals surface area contributed by atoms with E-state index in [0.29, 0.717) is 11.8 Å². The summed E-state index contributed by atoms with van der Waals surface area (Å²) in [5.74, 6) is 1.48. The second kappa shape index (κ2) is 6.17. The zero-order chi connectivity index (χ0) is 15.5. The summed E-state index contributed by atoms with van der Waals surface area (Å²) in [5.41, 5.74) is 0.763. The summed E-state index contributed by atoms with van der Waals surface area (Å²) in [5, 5.41) is 7.87. The lowest BCUT2D eigenvalue weighted by atomic mass is 10.0. The fourth-order valence-corrected chi connectivity index (χ4v) is 2.67. The van der Waals surface area contributed by atoms with Crippen molar-refractivity contribution in [2.75, 3.05) is 20.2 Å². The Labute approximate surface area is 129 Å². The number of hydrogen-bond donors (Lipinski definition) is 0. The highest BCUT2D eigenvalue weighted by molar-refractivity contribution is 5.89. The summed E-state index contributed by atoms with van der Waals surface area (Å²) in [6.07, 6.45) is 2.18. The van der Waals surface area contributed by atoms with Crippen LogP contribution in [0, 0.1) is 5.92 Å². The van der Waals surface area contributed by atoms with Crippen molar-refractivity contribution >= 4 is 5.91 Å². The number of hydrogen-bond acceptors (Lipinski definition) is 5. The molecule has 1 aromatic carbocycles. The molecule has 1 aliphatic rings. The van der Waals surface area contributed by atoms with E-state index in [2.05, 4.69) is 17.1 Å². The van der Waals surface area contributed by atoms with Crippen molar-refractivity contribution in [2.24, 2.45) is 5.92 Å². The molecule has 22 heavy (non-hydrogen) atoms. The Hall–Kier alpha value is -2.37. The lowest BCUT2D eigenvalue weighted by molar-refractivity contribution is 0.0643. The van der Waals surface area contributed by atoms with Gasteiger partial charge in [0.2, 0.25) is 5.89 Å². The summed E-state index contributed by atoms with van der Waals surface area (Å²) in [4.78, 5) is 14.2. The Morgan fingerprint density at radius 1 is 1.32 bits per heavy atom. The molecule has 1 atom stereocenters. The van der Waals surface area contributed by atoms with Crippen LogP contribution >= 0.6 is 0 Å². The maximum absolute atomic E-state index is 12.4. The Bertz CT molecular complexity index is 651. The number of carbonyl (C=O) groups is 1. The van der Waals surface area contributed by atoms with Gasteiger partial charge in [-0.25, -0.2) is 0 Å². The van der Waals surface area contributed by atoms with Crippen LogP contribution < -0.4 is 4.74 Å². The van der Waals surface area contributed by atoms with Gasteiger partial charge in [-0.05, 0) is 43.0 Å². The number of rotatable bonds is 3. The van der Waals surface area contributed by atoms with Gasteiger partial charge in [0.15, 0.2) is 0 Å². The molecule has 1 aromatic heterocycles. The van der Waals surface area contributed by atoms with E-state index >= 15 is 0 Å². The molecule has 0 radical (unpaired) electrons. The molecular weight excluding hydrogens is 282 g/mol. The molecule has 1 unspecified atom stereocenters. The van der Waals surface area contributed by atoms with Gasteiger partial charge in [-0.15, -0.1) is 10.2 Å². The smallest absolute Gasteiger partial charge is 0.311 e. The average molecular weight is 301 g/mol. The molecule has 1 fully saturated rings. The van der Waals surface area contributed by atoms with E-state index < -0.39 is 0 Å². The largest absolute Gasteiger partial charge is 0.497 e.